The van der Waals surface area contributed by atoms with Crippen molar-refractivity contribution in [2.45, 2.75) is 45.8 Å². The molecule has 0 aliphatic carbocycles. The van der Waals surface area contributed by atoms with Crippen molar-refractivity contribution in [2.24, 2.45) is 0 Å². The highest BCUT2D eigenvalue weighted by molar-refractivity contribution is 5.24. The van der Waals surface area contributed by atoms with E-state index in [2.05, 4.69) is 18.9 Å². The Bertz CT molecular complexity index is 516. The molecular formula is C16H22N2O. The first kappa shape index (κ1) is 13.8. The lowest BCUT2D eigenvalue weighted by molar-refractivity contribution is 0.177. The molecule has 1 aromatic carbocycles. The summed E-state index contributed by atoms with van der Waals surface area (Å²) < 4.78 is 1.97. The Morgan fingerprint density at radius 1 is 1.21 bits per heavy atom. The Kier molecular flexibility index (Phi) is 4.38. The van der Waals surface area contributed by atoms with E-state index < -0.39 is 6.10 Å². The molecular weight excluding hydrogens is 236 g/mol. The Balaban J connectivity index is 2.04. The van der Waals surface area contributed by atoms with Gasteiger partial charge in [0.05, 0.1) is 11.8 Å². The summed E-state index contributed by atoms with van der Waals surface area (Å²) >= 11 is 0. The van der Waals surface area contributed by atoms with Crippen molar-refractivity contribution >= 4 is 0 Å². The summed E-state index contributed by atoms with van der Waals surface area (Å²) in [5, 5.41) is 14.7. The molecule has 0 saturated carbocycles. The van der Waals surface area contributed by atoms with Crippen LogP contribution in [0.3, 0.4) is 0 Å². The number of hydrogen-bond donors (Lipinski definition) is 1. The zero-order chi connectivity index (χ0) is 13.8. The van der Waals surface area contributed by atoms with E-state index >= 15 is 0 Å². The largest absolute Gasteiger partial charge is 0.388 e. The summed E-state index contributed by atoms with van der Waals surface area (Å²) in [5.41, 5.74) is 3.09. The molecule has 1 aromatic heterocycles. The second-order valence-corrected chi connectivity index (χ2v) is 5.17. The molecule has 0 bridgehead atoms. The summed E-state index contributed by atoms with van der Waals surface area (Å²) in [6.07, 6.45) is 3.13. The molecule has 2 aromatic rings. The summed E-state index contributed by atoms with van der Waals surface area (Å²) in [4.78, 5) is 0. The van der Waals surface area contributed by atoms with E-state index in [0.29, 0.717) is 12.5 Å². The van der Waals surface area contributed by atoms with Crippen molar-refractivity contribution < 1.29 is 5.11 Å². The monoisotopic (exact) mass is 258 g/mol. The summed E-state index contributed by atoms with van der Waals surface area (Å²) in [5.74, 6) is 0. The molecule has 1 heterocycles. The van der Waals surface area contributed by atoms with Crippen LogP contribution in [0.2, 0.25) is 0 Å². The molecule has 0 saturated heterocycles. The van der Waals surface area contributed by atoms with Crippen LogP contribution >= 0.6 is 0 Å². The summed E-state index contributed by atoms with van der Waals surface area (Å²) in [6.45, 7) is 6.34. The quantitative estimate of drug-likeness (QED) is 0.892. The maximum Gasteiger partial charge on any atom is 0.0846 e. The maximum absolute atomic E-state index is 10.2. The third-order valence-electron chi connectivity index (χ3n) is 3.57. The van der Waals surface area contributed by atoms with Crippen LogP contribution in [-0.2, 0) is 6.42 Å². The fraction of sp³-hybridized carbons (Fsp3) is 0.438. The Morgan fingerprint density at radius 2 is 1.89 bits per heavy atom. The van der Waals surface area contributed by atoms with Gasteiger partial charge in [0.15, 0.2) is 0 Å². The number of benzene rings is 1. The van der Waals surface area contributed by atoms with Gasteiger partial charge in [0.25, 0.3) is 0 Å². The first-order valence-corrected chi connectivity index (χ1v) is 6.88. The van der Waals surface area contributed by atoms with Gasteiger partial charge in [0, 0.05) is 18.7 Å². The van der Waals surface area contributed by atoms with E-state index in [4.69, 9.17) is 0 Å². The van der Waals surface area contributed by atoms with E-state index in [1.54, 1.807) is 0 Å². The summed E-state index contributed by atoms with van der Waals surface area (Å²) in [7, 11) is 0. The third kappa shape index (κ3) is 3.44. The fourth-order valence-electron chi connectivity index (χ4n) is 2.02. The van der Waals surface area contributed by atoms with Gasteiger partial charge in [0.2, 0.25) is 0 Å². The minimum Gasteiger partial charge on any atom is -0.388 e. The van der Waals surface area contributed by atoms with Gasteiger partial charge >= 0.3 is 0 Å². The number of nitrogens with zero attached hydrogens (tertiary/aromatic N) is 2. The van der Waals surface area contributed by atoms with Gasteiger partial charge in [-0.3, -0.25) is 4.68 Å². The topological polar surface area (TPSA) is 38.0 Å². The first-order chi connectivity index (χ1) is 9.10. The van der Waals surface area contributed by atoms with Crippen LogP contribution in [0, 0.1) is 6.92 Å². The zero-order valence-electron chi connectivity index (χ0n) is 11.9. The van der Waals surface area contributed by atoms with Crippen LogP contribution in [-0.4, -0.2) is 14.9 Å². The Labute approximate surface area is 114 Å². The van der Waals surface area contributed by atoms with Crippen molar-refractivity contribution in [3.05, 3.63) is 53.3 Å². The predicted molar refractivity (Wildman–Crippen MR) is 77.1 cm³/mol. The van der Waals surface area contributed by atoms with Gasteiger partial charge in [0.1, 0.15) is 0 Å². The molecule has 3 heteroatoms. The first-order valence-electron chi connectivity index (χ1n) is 6.88. The zero-order valence-corrected chi connectivity index (χ0v) is 11.9. The van der Waals surface area contributed by atoms with Crippen molar-refractivity contribution in [3.8, 4) is 0 Å². The van der Waals surface area contributed by atoms with Crippen molar-refractivity contribution in [3.63, 3.8) is 0 Å². The van der Waals surface area contributed by atoms with Crippen LogP contribution in [0.15, 0.2) is 36.5 Å². The van der Waals surface area contributed by atoms with Crippen LogP contribution in [0.1, 0.15) is 49.2 Å². The highest BCUT2D eigenvalue weighted by atomic mass is 16.3. The lowest BCUT2D eigenvalue weighted by atomic mass is 10.0. The average Bonchev–Trinajstić information content (AvgIpc) is 2.87. The number of aromatic nitrogens is 2. The molecule has 3 nitrogen and oxygen atoms in total. The van der Waals surface area contributed by atoms with Crippen molar-refractivity contribution in [1.29, 1.82) is 0 Å². The summed E-state index contributed by atoms with van der Waals surface area (Å²) in [6, 6.07) is 10.4. The molecule has 2 atom stereocenters. The maximum atomic E-state index is 10.2. The molecule has 0 fully saturated rings. The fourth-order valence-corrected chi connectivity index (χ4v) is 2.02. The highest BCUT2D eigenvalue weighted by Crippen LogP contribution is 2.19. The lowest BCUT2D eigenvalue weighted by Gasteiger charge is -2.11. The molecule has 0 amide bonds. The van der Waals surface area contributed by atoms with Crippen molar-refractivity contribution in [1.82, 2.24) is 9.78 Å². The average molecular weight is 258 g/mol. The third-order valence-corrected chi connectivity index (χ3v) is 3.57. The second kappa shape index (κ2) is 6.02. The smallest absolute Gasteiger partial charge is 0.0846 e. The van der Waals surface area contributed by atoms with Crippen LogP contribution in [0.25, 0.3) is 0 Å². The van der Waals surface area contributed by atoms with Gasteiger partial charge in [-0.2, -0.15) is 5.10 Å². The second-order valence-electron chi connectivity index (χ2n) is 5.17. The number of rotatable bonds is 5. The standard InChI is InChI=1S/C16H22N2O/c1-4-13(3)18-10-9-15(17-18)11-16(19)14-7-5-12(2)6-8-14/h5-10,13,16,19H,4,11H2,1-3H3. The van der Waals surface area contributed by atoms with E-state index in [-0.39, 0.29) is 0 Å². The molecule has 1 N–H and O–H groups in total. The van der Waals surface area contributed by atoms with E-state index in [9.17, 15) is 5.11 Å². The van der Waals surface area contributed by atoms with Gasteiger partial charge in [-0.15, -0.1) is 0 Å². The molecule has 0 radical (unpaired) electrons. The van der Waals surface area contributed by atoms with Crippen LogP contribution in [0.4, 0.5) is 0 Å². The minimum atomic E-state index is -0.485. The van der Waals surface area contributed by atoms with E-state index in [0.717, 1.165) is 17.7 Å². The lowest BCUT2D eigenvalue weighted by Crippen LogP contribution is -2.07. The normalized spacial score (nSPS) is 14.3. The van der Waals surface area contributed by atoms with Gasteiger partial charge in [-0.05, 0) is 31.9 Å². The highest BCUT2D eigenvalue weighted by Gasteiger charge is 2.11. The molecule has 19 heavy (non-hydrogen) atoms. The van der Waals surface area contributed by atoms with E-state index in [1.165, 1.54) is 5.56 Å². The molecule has 0 aliphatic rings. The predicted octanol–water partition coefficient (Wildman–Crippen LogP) is 3.44. The SMILES string of the molecule is CCC(C)n1ccc(CC(O)c2ccc(C)cc2)n1. The molecule has 2 unspecified atom stereocenters. The molecule has 102 valence electrons. The van der Waals surface area contributed by atoms with Gasteiger partial charge < -0.3 is 5.11 Å². The van der Waals surface area contributed by atoms with Gasteiger partial charge in [-0.1, -0.05) is 36.8 Å². The minimum absolute atomic E-state index is 0.408. The van der Waals surface area contributed by atoms with Crippen molar-refractivity contribution in [2.75, 3.05) is 0 Å². The van der Waals surface area contributed by atoms with E-state index in [1.807, 2.05) is 48.1 Å². The number of aryl methyl sites for hydroxylation is 1. The number of aliphatic hydroxyl groups excluding tert-OH is 1. The molecule has 0 spiro atoms. The number of hydrogen-bond acceptors (Lipinski definition) is 2. The van der Waals surface area contributed by atoms with Gasteiger partial charge in [-0.25, -0.2) is 0 Å². The molecule has 2 rings (SSSR count). The van der Waals surface area contributed by atoms with Crippen LogP contribution < -0.4 is 0 Å². The number of aliphatic hydroxyl groups is 1. The Morgan fingerprint density at radius 3 is 2.53 bits per heavy atom. The molecule has 0 aliphatic heterocycles. The van der Waals surface area contributed by atoms with Crippen LogP contribution in [0.5, 0.6) is 0 Å². The Hall–Kier alpha value is -1.61.